The summed E-state index contributed by atoms with van der Waals surface area (Å²) in [5, 5.41) is 2.94. The molecule has 3 nitrogen and oxygen atoms in total. The molecule has 0 fully saturated rings. The van der Waals surface area contributed by atoms with Crippen LogP contribution in [0.3, 0.4) is 0 Å². The van der Waals surface area contributed by atoms with Gasteiger partial charge in [0.25, 0.3) is 0 Å². The zero-order valence-corrected chi connectivity index (χ0v) is 9.03. The van der Waals surface area contributed by atoms with Gasteiger partial charge in [-0.25, -0.2) is 0 Å². The molecule has 0 aromatic heterocycles. The predicted molar refractivity (Wildman–Crippen MR) is 68.9 cm³/mol. The van der Waals surface area contributed by atoms with Gasteiger partial charge in [0.15, 0.2) is 0 Å². The van der Waals surface area contributed by atoms with Crippen molar-refractivity contribution in [3.8, 4) is 12.3 Å². The normalized spacial score (nSPS) is 9.94. The van der Waals surface area contributed by atoms with E-state index in [0.29, 0.717) is 18.1 Å². The van der Waals surface area contributed by atoms with Gasteiger partial charge in [0, 0.05) is 17.8 Å². The van der Waals surface area contributed by atoms with E-state index in [1.54, 1.807) is 6.08 Å². The monoisotopic (exact) mass is 213 g/mol. The average molecular weight is 213 g/mol. The van der Waals surface area contributed by atoms with Crippen molar-refractivity contribution >= 4 is 11.8 Å². The van der Waals surface area contributed by atoms with Gasteiger partial charge >= 0.3 is 0 Å². The zero-order chi connectivity index (χ0) is 12.0. The van der Waals surface area contributed by atoms with Crippen molar-refractivity contribution in [1.82, 2.24) is 5.32 Å². The van der Waals surface area contributed by atoms with Gasteiger partial charge < -0.3 is 16.8 Å². The first-order chi connectivity index (χ1) is 7.65. The average Bonchev–Trinajstić information content (AvgIpc) is 2.24. The zero-order valence-electron chi connectivity index (χ0n) is 9.03. The molecular formula is C13H15N3. The quantitative estimate of drug-likeness (QED) is 0.523. The molecular weight excluding hydrogens is 198 g/mol. The van der Waals surface area contributed by atoms with Crippen molar-refractivity contribution < 1.29 is 0 Å². The third-order valence-corrected chi connectivity index (χ3v) is 2.10. The molecule has 5 N–H and O–H groups in total. The predicted octanol–water partition coefficient (Wildman–Crippen LogP) is 1.43. The van der Waals surface area contributed by atoms with E-state index in [1.165, 1.54) is 0 Å². The van der Waals surface area contributed by atoms with Crippen molar-refractivity contribution in [2.45, 2.75) is 6.54 Å². The summed E-state index contributed by atoms with van der Waals surface area (Å²) in [6.07, 6.45) is 8.64. The lowest BCUT2D eigenvalue weighted by Crippen LogP contribution is -2.19. The van der Waals surface area contributed by atoms with Crippen LogP contribution in [0.1, 0.15) is 11.1 Å². The number of terminal acetylenes is 1. The molecule has 3 heteroatoms. The number of nitrogens with two attached hydrogens (primary N) is 2. The van der Waals surface area contributed by atoms with Crippen molar-refractivity contribution in [2.24, 2.45) is 5.73 Å². The molecule has 0 saturated carbocycles. The van der Waals surface area contributed by atoms with Crippen LogP contribution in [0.4, 0.5) is 5.69 Å². The number of allylic oxidation sites excluding steroid dienone is 1. The SMILES string of the molecule is C#C/C=C\c1cccc(N)c1CNC(=C)N. The Bertz CT molecular complexity index is 453. The Morgan fingerprint density at radius 1 is 1.56 bits per heavy atom. The molecule has 16 heavy (non-hydrogen) atoms. The van der Waals surface area contributed by atoms with Crippen LogP contribution in [0.2, 0.25) is 0 Å². The third-order valence-electron chi connectivity index (χ3n) is 2.10. The van der Waals surface area contributed by atoms with Crippen molar-refractivity contribution in [3.63, 3.8) is 0 Å². The second-order valence-corrected chi connectivity index (χ2v) is 3.29. The van der Waals surface area contributed by atoms with Gasteiger partial charge in [-0.1, -0.05) is 24.6 Å². The Labute approximate surface area is 95.8 Å². The molecule has 0 aliphatic carbocycles. The molecule has 0 bridgehead atoms. The summed E-state index contributed by atoms with van der Waals surface area (Å²) in [5.41, 5.74) is 14.0. The summed E-state index contributed by atoms with van der Waals surface area (Å²) in [6, 6.07) is 5.66. The van der Waals surface area contributed by atoms with Gasteiger partial charge in [0.05, 0.1) is 5.82 Å². The molecule has 0 heterocycles. The number of rotatable bonds is 4. The lowest BCUT2D eigenvalue weighted by molar-refractivity contribution is 0.804. The Kier molecular flexibility index (Phi) is 4.05. The molecule has 1 aromatic rings. The molecule has 0 amide bonds. The Hall–Kier alpha value is -2.34. The fourth-order valence-corrected chi connectivity index (χ4v) is 1.32. The van der Waals surface area contributed by atoms with E-state index in [2.05, 4.69) is 17.8 Å². The van der Waals surface area contributed by atoms with Crippen LogP contribution in [0, 0.1) is 12.3 Å². The minimum atomic E-state index is 0.412. The maximum absolute atomic E-state index is 5.88. The first kappa shape index (κ1) is 11.7. The van der Waals surface area contributed by atoms with Crippen molar-refractivity contribution in [2.75, 3.05) is 5.73 Å². The third kappa shape index (κ3) is 3.10. The van der Waals surface area contributed by atoms with E-state index in [1.807, 2.05) is 24.3 Å². The van der Waals surface area contributed by atoms with E-state index < -0.39 is 0 Å². The van der Waals surface area contributed by atoms with Gasteiger partial charge in [-0.15, -0.1) is 6.42 Å². The Balaban J connectivity index is 2.99. The largest absolute Gasteiger partial charge is 0.398 e. The second kappa shape index (κ2) is 5.52. The van der Waals surface area contributed by atoms with E-state index in [4.69, 9.17) is 17.9 Å². The Morgan fingerprint density at radius 2 is 2.31 bits per heavy atom. The summed E-state index contributed by atoms with van der Waals surface area (Å²) in [7, 11) is 0. The highest BCUT2D eigenvalue weighted by Crippen LogP contribution is 2.18. The van der Waals surface area contributed by atoms with Crippen LogP contribution >= 0.6 is 0 Å². The molecule has 0 aliphatic heterocycles. The molecule has 0 spiro atoms. The number of benzene rings is 1. The molecule has 82 valence electrons. The molecule has 1 aromatic carbocycles. The summed E-state index contributed by atoms with van der Waals surface area (Å²) < 4.78 is 0. The molecule has 0 unspecified atom stereocenters. The number of hydrogen-bond acceptors (Lipinski definition) is 3. The van der Waals surface area contributed by atoms with Crippen molar-refractivity contribution in [3.05, 3.63) is 47.8 Å². The van der Waals surface area contributed by atoms with Gasteiger partial charge in [-0.3, -0.25) is 0 Å². The molecule has 0 aliphatic rings. The minimum absolute atomic E-state index is 0.412. The van der Waals surface area contributed by atoms with Crippen LogP contribution in [0.15, 0.2) is 36.7 Å². The lowest BCUT2D eigenvalue weighted by Gasteiger charge is -2.11. The standard InChI is InChI=1S/C13H15N3/c1-3-4-6-11-7-5-8-13(15)12(11)9-16-10(2)14/h1,4-8,16H,2,9,14-15H2/b6-4-. The van der Waals surface area contributed by atoms with Crippen LogP contribution < -0.4 is 16.8 Å². The number of nitrogens with one attached hydrogen (secondary N) is 1. The summed E-state index contributed by atoms with van der Waals surface area (Å²) in [4.78, 5) is 0. The molecule has 0 radical (unpaired) electrons. The number of hydrogen-bond donors (Lipinski definition) is 3. The summed E-state index contributed by atoms with van der Waals surface area (Å²) >= 11 is 0. The summed E-state index contributed by atoms with van der Waals surface area (Å²) in [6.45, 7) is 4.10. The van der Waals surface area contributed by atoms with Gasteiger partial charge in [-0.05, 0) is 23.8 Å². The molecule has 1 rings (SSSR count). The smallest absolute Gasteiger partial charge is 0.0888 e. The van der Waals surface area contributed by atoms with Crippen LogP contribution in [0.25, 0.3) is 6.08 Å². The second-order valence-electron chi connectivity index (χ2n) is 3.29. The highest BCUT2D eigenvalue weighted by Gasteiger charge is 2.03. The number of nitrogen functional groups attached to an aromatic ring is 1. The number of anilines is 1. The van der Waals surface area contributed by atoms with Crippen LogP contribution in [-0.2, 0) is 6.54 Å². The van der Waals surface area contributed by atoms with E-state index in [-0.39, 0.29) is 0 Å². The van der Waals surface area contributed by atoms with Gasteiger partial charge in [0.2, 0.25) is 0 Å². The van der Waals surface area contributed by atoms with Crippen molar-refractivity contribution in [1.29, 1.82) is 0 Å². The lowest BCUT2D eigenvalue weighted by atomic mass is 10.0. The van der Waals surface area contributed by atoms with Gasteiger partial charge in [-0.2, -0.15) is 0 Å². The first-order valence-corrected chi connectivity index (χ1v) is 4.83. The summed E-state index contributed by atoms with van der Waals surface area (Å²) in [5.74, 6) is 2.86. The molecule has 0 atom stereocenters. The van der Waals surface area contributed by atoms with Gasteiger partial charge in [0.1, 0.15) is 0 Å². The highest BCUT2D eigenvalue weighted by molar-refractivity contribution is 5.64. The highest BCUT2D eigenvalue weighted by atomic mass is 15.0. The van der Waals surface area contributed by atoms with Crippen LogP contribution in [-0.4, -0.2) is 0 Å². The maximum Gasteiger partial charge on any atom is 0.0888 e. The van der Waals surface area contributed by atoms with E-state index >= 15 is 0 Å². The fraction of sp³-hybridized carbons (Fsp3) is 0.0769. The minimum Gasteiger partial charge on any atom is -0.398 e. The Morgan fingerprint density at radius 3 is 2.94 bits per heavy atom. The van der Waals surface area contributed by atoms with E-state index in [9.17, 15) is 0 Å². The molecule has 0 saturated heterocycles. The first-order valence-electron chi connectivity index (χ1n) is 4.83. The van der Waals surface area contributed by atoms with E-state index in [0.717, 1.165) is 11.1 Å². The van der Waals surface area contributed by atoms with Crippen LogP contribution in [0.5, 0.6) is 0 Å². The topological polar surface area (TPSA) is 64.1 Å². The fourth-order valence-electron chi connectivity index (χ4n) is 1.32. The maximum atomic E-state index is 5.88.